The number of rotatable bonds is 4. The lowest BCUT2D eigenvalue weighted by Gasteiger charge is -2.07. The zero-order valence-corrected chi connectivity index (χ0v) is 10.1. The van der Waals surface area contributed by atoms with E-state index in [2.05, 4.69) is 5.32 Å². The molecule has 0 saturated carbocycles. The van der Waals surface area contributed by atoms with Crippen LogP contribution in [0.2, 0.25) is 0 Å². The third kappa shape index (κ3) is 4.65. The second-order valence-corrected chi connectivity index (χ2v) is 3.61. The first-order chi connectivity index (χ1) is 8.51. The van der Waals surface area contributed by atoms with Gasteiger partial charge in [-0.15, -0.1) is 0 Å². The Morgan fingerprint density at radius 3 is 2.61 bits per heavy atom. The lowest BCUT2D eigenvalue weighted by molar-refractivity contribution is -0.126. The molecule has 18 heavy (non-hydrogen) atoms. The molecule has 2 N–H and O–H groups in total. The number of nitrogens with one attached hydrogen (secondary N) is 2. The monoisotopic (exact) mass is 250 g/mol. The molecule has 0 aliphatic heterocycles. The molecule has 0 spiro atoms. The summed E-state index contributed by atoms with van der Waals surface area (Å²) < 4.78 is 4.99. The lowest BCUT2D eigenvalue weighted by Crippen LogP contribution is -2.35. The molecule has 1 aromatic carbocycles. The predicted octanol–water partition coefficient (Wildman–Crippen LogP) is 1.32. The number of methoxy groups -OCH3 is 1. The molecule has 6 heteroatoms. The van der Waals surface area contributed by atoms with Crippen LogP contribution in [-0.2, 0) is 9.59 Å². The van der Waals surface area contributed by atoms with Crippen molar-refractivity contribution in [3.8, 4) is 5.75 Å². The van der Waals surface area contributed by atoms with E-state index in [1.165, 1.54) is 14.0 Å². The molecule has 96 valence electrons. The van der Waals surface area contributed by atoms with Crippen molar-refractivity contribution in [3.05, 3.63) is 24.3 Å². The molecule has 6 nitrogen and oxygen atoms in total. The summed E-state index contributed by atoms with van der Waals surface area (Å²) in [7, 11) is 1.51. The number of carbonyl (C=O) groups excluding carboxylic acids is 3. The van der Waals surface area contributed by atoms with E-state index in [0.29, 0.717) is 11.4 Å². The molecule has 0 heterocycles. The van der Waals surface area contributed by atoms with Crippen LogP contribution in [-0.4, -0.2) is 24.8 Å². The highest BCUT2D eigenvalue weighted by molar-refractivity contribution is 6.06. The highest BCUT2D eigenvalue weighted by Crippen LogP contribution is 2.16. The molecule has 0 fully saturated rings. The van der Waals surface area contributed by atoms with Crippen LogP contribution in [0.3, 0.4) is 0 Å². The van der Waals surface area contributed by atoms with Gasteiger partial charge >= 0.3 is 6.03 Å². The molecule has 1 rings (SSSR count). The molecule has 1 aromatic rings. The van der Waals surface area contributed by atoms with Crippen LogP contribution >= 0.6 is 0 Å². The summed E-state index contributed by atoms with van der Waals surface area (Å²) in [6.45, 7) is 1.28. The Balaban J connectivity index is 2.53. The van der Waals surface area contributed by atoms with Crippen molar-refractivity contribution in [1.82, 2.24) is 5.32 Å². The van der Waals surface area contributed by atoms with Crippen LogP contribution in [0, 0.1) is 0 Å². The number of benzene rings is 1. The van der Waals surface area contributed by atoms with Crippen LogP contribution in [0.5, 0.6) is 5.75 Å². The Labute approximate surface area is 104 Å². The standard InChI is InChI=1S/C12H14N2O4/c1-8(15)6-11(16)14-12(17)13-9-4-3-5-10(7-9)18-2/h3-5,7H,6H2,1-2H3,(H2,13,14,16,17). The maximum Gasteiger partial charge on any atom is 0.325 e. The molecule has 0 atom stereocenters. The van der Waals surface area contributed by atoms with Crippen molar-refractivity contribution in [2.45, 2.75) is 13.3 Å². The van der Waals surface area contributed by atoms with Gasteiger partial charge in [-0.3, -0.25) is 14.9 Å². The number of anilines is 1. The van der Waals surface area contributed by atoms with Crippen molar-refractivity contribution in [2.75, 3.05) is 12.4 Å². The van der Waals surface area contributed by atoms with Gasteiger partial charge in [-0.05, 0) is 19.1 Å². The number of ether oxygens (including phenoxy) is 1. The Morgan fingerprint density at radius 1 is 1.28 bits per heavy atom. The summed E-state index contributed by atoms with van der Waals surface area (Å²) in [4.78, 5) is 33.2. The summed E-state index contributed by atoms with van der Waals surface area (Å²) >= 11 is 0. The Bertz CT molecular complexity index is 471. The Hall–Kier alpha value is -2.37. The van der Waals surface area contributed by atoms with E-state index in [9.17, 15) is 14.4 Å². The van der Waals surface area contributed by atoms with Gasteiger partial charge in [0.25, 0.3) is 0 Å². The van der Waals surface area contributed by atoms with Gasteiger partial charge in [0.2, 0.25) is 5.91 Å². The minimum absolute atomic E-state index is 0.304. The first-order valence-electron chi connectivity index (χ1n) is 5.25. The number of Topliss-reactive ketones (excluding diaryl/α,β-unsaturated/α-hetero) is 1. The summed E-state index contributed by atoms with van der Waals surface area (Å²) in [5.74, 6) is -0.354. The SMILES string of the molecule is COc1cccc(NC(=O)NC(=O)CC(C)=O)c1. The lowest BCUT2D eigenvalue weighted by atomic mass is 10.3. The van der Waals surface area contributed by atoms with Crippen molar-refractivity contribution < 1.29 is 19.1 Å². The highest BCUT2D eigenvalue weighted by Gasteiger charge is 2.09. The summed E-state index contributed by atoms with van der Waals surface area (Å²) in [6, 6.07) is 6.00. The molecular formula is C12H14N2O4. The molecule has 0 unspecified atom stereocenters. The summed E-state index contributed by atoms with van der Waals surface area (Å²) in [5.41, 5.74) is 0.488. The number of ketones is 1. The van der Waals surface area contributed by atoms with Crippen molar-refractivity contribution in [3.63, 3.8) is 0 Å². The van der Waals surface area contributed by atoms with Crippen LogP contribution < -0.4 is 15.4 Å². The van der Waals surface area contributed by atoms with Crippen LogP contribution in [0.15, 0.2) is 24.3 Å². The van der Waals surface area contributed by atoms with Gasteiger partial charge in [-0.25, -0.2) is 4.79 Å². The predicted molar refractivity (Wildman–Crippen MR) is 65.5 cm³/mol. The second kappa shape index (κ2) is 6.39. The minimum Gasteiger partial charge on any atom is -0.497 e. The third-order valence-corrected chi connectivity index (χ3v) is 1.99. The fraction of sp³-hybridized carbons (Fsp3) is 0.250. The molecule has 0 aromatic heterocycles. The van der Waals surface area contributed by atoms with E-state index in [0.717, 1.165) is 0 Å². The Kier molecular flexibility index (Phi) is 4.86. The van der Waals surface area contributed by atoms with E-state index < -0.39 is 11.9 Å². The van der Waals surface area contributed by atoms with Gasteiger partial charge in [0.1, 0.15) is 11.5 Å². The summed E-state index contributed by atoms with van der Waals surface area (Å²) in [5, 5.41) is 4.51. The number of imide groups is 1. The minimum atomic E-state index is -0.686. The van der Waals surface area contributed by atoms with Crippen LogP contribution in [0.4, 0.5) is 10.5 Å². The fourth-order valence-electron chi connectivity index (χ4n) is 1.26. The highest BCUT2D eigenvalue weighted by atomic mass is 16.5. The second-order valence-electron chi connectivity index (χ2n) is 3.61. The fourth-order valence-corrected chi connectivity index (χ4v) is 1.26. The number of amides is 3. The smallest absolute Gasteiger partial charge is 0.325 e. The third-order valence-electron chi connectivity index (χ3n) is 1.99. The number of hydrogen-bond acceptors (Lipinski definition) is 4. The van der Waals surface area contributed by atoms with Crippen LogP contribution in [0.25, 0.3) is 0 Å². The molecule has 0 radical (unpaired) electrons. The van der Waals surface area contributed by atoms with Crippen molar-refractivity contribution >= 4 is 23.4 Å². The zero-order chi connectivity index (χ0) is 13.5. The average Bonchev–Trinajstić information content (AvgIpc) is 2.27. The topological polar surface area (TPSA) is 84.5 Å². The molecular weight excluding hydrogens is 236 g/mol. The van der Waals surface area contributed by atoms with Gasteiger partial charge in [0, 0.05) is 11.8 Å². The summed E-state index contributed by atoms with van der Waals surface area (Å²) in [6.07, 6.45) is -0.314. The molecule has 0 aliphatic rings. The molecule has 0 saturated heterocycles. The van der Waals surface area contributed by atoms with Crippen molar-refractivity contribution in [2.24, 2.45) is 0 Å². The van der Waals surface area contributed by atoms with Crippen LogP contribution in [0.1, 0.15) is 13.3 Å². The molecule has 0 bridgehead atoms. The van der Waals surface area contributed by atoms with Gasteiger partial charge in [0.05, 0.1) is 13.5 Å². The normalized spacial score (nSPS) is 9.44. The van der Waals surface area contributed by atoms with E-state index in [-0.39, 0.29) is 12.2 Å². The van der Waals surface area contributed by atoms with E-state index >= 15 is 0 Å². The molecule has 0 aliphatic carbocycles. The quantitative estimate of drug-likeness (QED) is 0.789. The molecule has 3 amide bonds. The number of hydrogen-bond donors (Lipinski definition) is 2. The van der Waals surface area contributed by atoms with Gasteiger partial charge in [-0.2, -0.15) is 0 Å². The van der Waals surface area contributed by atoms with E-state index in [1.807, 2.05) is 5.32 Å². The maximum atomic E-state index is 11.4. The largest absolute Gasteiger partial charge is 0.497 e. The van der Waals surface area contributed by atoms with Gasteiger partial charge in [0.15, 0.2) is 0 Å². The average molecular weight is 250 g/mol. The Morgan fingerprint density at radius 2 is 2.00 bits per heavy atom. The zero-order valence-electron chi connectivity index (χ0n) is 10.1. The number of carbonyl (C=O) groups is 3. The first kappa shape index (κ1) is 13.7. The first-order valence-corrected chi connectivity index (χ1v) is 5.25. The number of urea groups is 1. The maximum absolute atomic E-state index is 11.4. The van der Waals surface area contributed by atoms with E-state index in [4.69, 9.17) is 4.74 Å². The van der Waals surface area contributed by atoms with E-state index in [1.54, 1.807) is 24.3 Å². The van der Waals surface area contributed by atoms with Gasteiger partial charge < -0.3 is 10.1 Å². The van der Waals surface area contributed by atoms with Gasteiger partial charge in [-0.1, -0.05) is 6.07 Å². The van der Waals surface area contributed by atoms with Crippen molar-refractivity contribution in [1.29, 1.82) is 0 Å².